The van der Waals surface area contributed by atoms with E-state index in [1.165, 1.54) is 11.3 Å². The summed E-state index contributed by atoms with van der Waals surface area (Å²) in [4.78, 5) is 23.3. The van der Waals surface area contributed by atoms with Gasteiger partial charge in [0, 0.05) is 35.1 Å². The number of hydrogen-bond acceptors (Lipinski definition) is 5. The molecule has 9 heteroatoms. The Morgan fingerprint density at radius 1 is 0.972 bits per heavy atom. The lowest BCUT2D eigenvalue weighted by Gasteiger charge is -2.07. The first-order valence-corrected chi connectivity index (χ1v) is 13.1. The van der Waals surface area contributed by atoms with Crippen molar-refractivity contribution in [1.82, 2.24) is 19.0 Å². The highest BCUT2D eigenvalue weighted by atomic mass is 32.1. The van der Waals surface area contributed by atoms with Crippen molar-refractivity contribution in [3.05, 3.63) is 110 Å². The lowest BCUT2D eigenvalue weighted by Crippen LogP contribution is -2.19. The summed E-state index contributed by atoms with van der Waals surface area (Å²) < 4.78 is 5.29. The lowest BCUT2D eigenvalue weighted by atomic mass is 10.2. The van der Waals surface area contributed by atoms with E-state index >= 15 is 0 Å². The quantitative estimate of drug-likeness (QED) is 0.298. The minimum atomic E-state index is -0.167. The van der Waals surface area contributed by atoms with E-state index in [4.69, 9.17) is 10.1 Å². The summed E-state index contributed by atoms with van der Waals surface area (Å²) in [5, 5.41) is 10.0. The molecule has 0 spiro atoms. The zero-order chi connectivity index (χ0) is 24.6. The number of hydrogen-bond donors (Lipinski definition) is 1. The molecule has 2 aromatic carbocycles. The normalized spacial score (nSPS) is 12.3. The van der Waals surface area contributed by atoms with Crippen molar-refractivity contribution < 1.29 is 0 Å². The molecule has 4 aromatic heterocycles. The monoisotopic (exact) mass is 510 g/mol. The average Bonchev–Trinajstić information content (AvgIpc) is 3.68. The minimum Gasteiger partial charge on any atom is -0.361 e. The Morgan fingerprint density at radius 2 is 1.78 bits per heavy atom. The van der Waals surface area contributed by atoms with E-state index in [1.54, 1.807) is 16.0 Å². The Hall–Kier alpha value is -4.21. The zero-order valence-electron chi connectivity index (χ0n) is 19.6. The third-order valence-electron chi connectivity index (χ3n) is 6.12. The second-order valence-corrected chi connectivity index (χ2v) is 10.0. The van der Waals surface area contributed by atoms with Gasteiger partial charge in [-0.1, -0.05) is 42.5 Å². The largest absolute Gasteiger partial charge is 0.361 e. The third-order valence-corrected chi connectivity index (χ3v) is 7.83. The van der Waals surface area contributed by atoms with Gasteiger partial charge in [0.2, 0.25) is 4.80 Å². The maximum Gasteiger partial charge on any atom is 0.297 e. The Morgan fingerprint density at radius 3 is 2.58 bits per heavy atom. The smallest absolute Gasteiger partial charge is 0.297 e. The summed E-state index contributed by atoms with van der Waals surface area (Å²) in [7, 11) is 1.87. The van der Waals surface area contributed by atoms with Crippen LogP contribution in [-0.4, -0.2) is 25.2 Å². The zero-order valence-corrected chi connectivity index (χ0v) is 21.3. The molecule has 0 unspecified atom stereocenters. The van der Waals surface area contributed by atoms with E-state index in [-0.39, 0.29) is 5.56 Å². The number of H-pyrrole nitrogens is 1. The molecule has 36 heavy (non-hydrogen) atoms. The molecule has 0 atom stereocenters. The highest BCUT2D eigenvalue weighted by molar-refractivity contribution is 7.14. The van der Waals surface area contributed by atoms with Crippen LogP contribution in [0.25, 0.3) is 27.2 Å². The standard InChI is InChI=1S/C27H22N6OS2/c1-18-25(26(34)33(31(18)2)20-9-4-3-5-10-20)30-27-32(23(17-36-27)24-13-8-14-35-24)29-16-19-15-28-22-12-7-6-11-21(19)22/h3-17,28H,1-2H3. The Kier molecular flexibility index (Phi) is 5.63. The van der Waals surface area contributed by atoms with Crippen LogP contribution >= 0.6 is 22.7 Å². The summed E-state index contributed by atoms with van der Waals surface area (Å²) in [6.07, 6.45) is 3.78. The van der Waals surface area contributed by atoms with Crippen LogP contribution in [0, 0.1) is 6.92 Å². The maximum absolute atomic E-state index is 13.5. The fourth-order valence-electron chi connectivity index (χ4n) is 4.18. The van der Waals surface area contributed by atoms with Crippen molar-refractivity contribution in [2.75, 3.05) is 0 Å². The number of thiazole rings is 1. The molecule has 0 aliphatic carbocycles. The van der Waals surface area contributed by atoms with E-state index in [0.29, 0.717) is 10.5 Å². The van der Waals surface area contributed by atoms with Gasteiger partial charge in [-0.2, -0.15) is 5.10 Å². The molecule has 178 valence electrons. The highest BCUT2D eigenvalue weighted by Gasteiger charge is 2.17. The topological polar surface area (TPSA) is 72.4 Å². The summed E-state index contributed by atoms with van der Waals surface area (Å²) >= 11 is 3.10. The molecular formula is C27H22N6OS2. The Balaban J connectivity index is 1.52. The first-order chi connectivity index (χ1) is 17.6. The van der Waals surface area contributed by atoms with Crippen molar-refractivity contribution in [3.63, 3.8) is 0 Å². The molecular weight excluding hydrogens is 488 g/mol. The van der Waals surface area contributed by atoms with Crippen LogP contribution in [0.5, 0.6) is 0 Å². The van der Waals surface area contributed by atoms with Gasteiger partial charge in [0.15, 0.2) is 5.69 Å². The van der Waals surface area contributed by atoms with E-state index in [2.05, 4.69) is 17.1 Å². The van der Waals surface area contributed by atoms with Crippen molar-refractivity contribution in [3.8, 4) is 16.3 Å². The van der Waals surface area contributed by atoms with Crippen molar-refractivity contribution in [2.45, 2.75) is 6.92 Å². The van der Waals surface area contributed by atoms with Crippen molar-refractivity contribution >= 4 is 45.5 Å². The van der Waals surface area contributed by atoms with Gasteiger partial charge >= 0.3 is 0 Å². The van der Waals surface area contributed by atoms with Crippen LogP contribution in [0.4, 0.5) is 5.69 Å². The second kappa shape index (κ2) is 9.10. The number of nitrogens with zero attached hydrogens (tertiary/aromatic N) is 5. The number of fused-ring (bicyclic) bond motifs is 1. The number of aromatic amines is 1. The van der Waals surface area contributed by atoms with Crippen LogP contribution in [0.3, 0.4) is 0 Å². The number of nitrogens with one attached hydrogen (secondary N) is 1. The molecule has 0 radical (unpaired) electrons. The summed E-state index contributed by atoms with van der Waals surface area (Å²) in [6, 6.07) is 21.8. The maximum atomic E-state index is 13.5. The SMILES string of the molecule is Cc1c(N=c2scc(-c3cccs3)n2N=Cc2c[nH]c3ccccc23)c(=O)n(-c2ccccc2)n1C. The van der Waals surface area contributed by atoms with E-state index in [1.807, 2.05) is 101 Å². The van der Waals surface area contributed by atoms with Crippen LogP contribution in [0.2, 0.25) is 0 Å². The van der Waals surface area contributed by atoms with Gasteiger partial charge in [-0.15, -0.1) is 22.7 Å². The summed E-state index contributed by atoms with van der Waals surface area (Å²) in [6.45, 7) is 1.91. The van der Waals surface area contributed by atoms with Gasteiger partial charge in [-0.25, -0.2) is 14.4 Å². The molecule has 0 fully saturated rings. The predicted molar refractivity (Wildman–Crippen MR) is 148 cm³/mol. The first kappa shape index (κ1) is 22.3. The van der Waals surface area contributed by atoms with Crippen LogP contribution in [0.15, 0.2) is 98.6 Å². The molecule has 0 amide bonds. The summed E-state index contributed by atoms with van der Waals surface area (Å²) in [5.41, 5.74) is 4.78. The third kappa shape index (κ3) is 3.78. The Labute approximate surface area is 214 Å². The van der Waals surface area contributed by atoms with Gasteiger partial charge in [0.1, 0.15) is 0 Å². The number of rotatable bonds is 5. The fraction of sp³-hybridized carbons (Fsp3) is 0.0741. The van der Waals surface area contributed by atoms with E-state index in [0.717, 1.165) is 38.4 Å². The van der Waals surface area contributed by atoms with Gasteiger partial charge in [-0.05, 0) is 36.6 Å². The second-order valence-electron chi connectivity index (χ2n) is 8.25. The van der Waals surface area contributed by atoms with E-state index in [9.17, 15) is 4.79 Å². The van der Waals surface area contributed by atoms with Gasteiger partial charge in [0.05, 0.1) is 28.2 Å². The number of para-hydroxylation sites is 2. The van der Waals surface area contributed by atoms with Crippen LogP contribution in [-0.2, 0) is 7.05 Å². The number of thiophene rings is 1. The molecule has 0 aliphatic heterocycles. The Bertz CT molecular complexity index is 1830. The molecule has 0 saturated heterocycles. The number of benzene rings is 2. The molecule has 4 heterocycles. The fourth-order valence-corrected chi connectivity index (χ4v) is 5.82. The van der Waals surface area contributed by atoms with Crippen molar-refractivity contribution in [1.29, 1.82) is 0 Å². The molecule has 1 N–H and O–H groups in total. The average molecular weight is 511 g/mol. The van der Waals surface area contributed by atoms with Gasteiger partial charge in [-0.3, -0.25) is 9.48 Å². The molecule has 0 saturated carbocycles. The van der Waals surface area contributed by atoms with Gasteiger partial charge < -0.3 is 4.98 Å². The molecule has 0 aliphatic rings. The number of aromatic nitrogens is 4. The minimum absolute atomic E-state index is 0.167. The van der Waals surface area contributed by atoms with Crippen molar-refractivity contribution in [2.24, 2.45) is 17.1 Å². The highest BCUT2D eigenvalue weighted by Crippen LogP contribution is 2.26. The van der Waals surface area contributed by atoms with Crippen LogP contribution < -0.4 is 10.4 Å². The van der Waals surface area contributed by atoms with E-state index < -0.39 is 0 Å². The molecule has 0 bridgehead atoms. The van der Waals surface area contributed by atoms with Crippen LogP contribution in [0.1, 0.15) is 11.3 Å². The summed E-state index contributed by atoms with van der Waals surface area (Å²) in [5.74, 6) is 0. The first-order valence-electron chi connectivity index (χ1n) is 11.4. The lowest BCUT2D eigenvalue weighted by molar-refractivity contribution is 0.630. The molecule has 6 aromatic rings. The van der Waals surface area contributed by atoms with Gasteiger partial charge in [0.25, 0.3) is 5.56 Å². The predicted octanol–water partition coefficient (Wildman–Crippen LogP) is 5.67. The molecule has 6 rings (SSSR count). The molecule has 7 nitrogen and oxygen atoms in total.